The van der Waals surface area contributed by atoms with Crippen LogP contribution in [0, 0.1) is 12.7 Å². The summed E-state index contributed by atoms with van der Waals surface area (Å²) in [5.74, 6) is -0.386. The van der Waals surface area contributed by atoms with Crippen LogP contribution >= 0.6 is 0 Å². The van der Waals surface area contributed by atoms with Crippen molar-refractivity contribution in [3.05, 3.63) is 81.4 Å². The smallest absolute Gasteiger partial charge is 0.251 e. The van der Waals surface area contributed by atoms with Crippen LogP contribution in [0.5, 0.6) is 0 Å². The molecular formula is C23H23FN2O3. The summed E-state index contributed by atoms with van der Waals surface area (Å²) < 4.78 is 19.7. The van der Waals surface area contributed by atoms with E-state index in [9.17, 15) is 14.0 Å². The molecule has 5 nitrogen and oxygen atoms in total. The van der Waals surface area contributed by atoms with E-state index in [1.807, 2.05) is 31.2 Å². The maximum atomic E-state index is 14.0. The first-order valence-corrected chi connectivity index (χ1v) is 9.77. The molecule has 0 spiro atoms. The predicted octanol–water partition coefficient (Wildman–Crippen LogP) is 3.51. The first-order valence-electron chi connectivity index (χ1n) is 9.77. The van der Waals surface area contributed by atoms with Crippen LogP contribution in [0.4, 0.5) is 4.39 Å². The lowest BCUT2D eigenvalue weighted by Gasteiger charge is -2.33. The number of rotatable bonds is 4. The summed E-state index contributed by atoms with van der Waals surface area (Å²) in [5, 5.41) is 0.948. The molecule has 150 valence electrons. The highest BCUT2D eigenvalue weighted by Crippen LogP contribution is 2.25. The molecule has 6 heteroatoms. The summed E-state index contributed by atoms with van der Waals surface area (Å²) in [7, 11) is 0. The molecule has 0 bridgehead atoms. The second-order valence-electron chi connectivity index (χ2n) is 7.44. The van der Waals surface area contributed by atoms with Gasteiger partial charge in [-0.1, -0.05) is 30.3 Å². The number of halogens is 1. The van der Waals surface area contributed by atoms with Crippen LogP contribution in [-0.4, -0.2) is 35.5 Å². The number of hydrogen-bond donors (Lipinski definition) is 1. The molecule has 1 fully saturated rings. The van der Waals surface area contributed by atoms with Gasteiger partial charge in [-0.3, -0.25) is 9.59 Å². The molecule has 4 rings (SSSR count). The van der Waals surface area contributed by atoms with Crippen LogP contribution in [0.3, 0.4) is 0 Å². The SMILES string of the molecule is Cc1ccc2cc(CCC(=O)N3CCOC(c4ccccc4F)C3)c(=O)[nH]c2c1. The Labute approximate surface area is 168 Å². The Kier molecular flexibility index (Phi) is 5.45. The molecule has 1 aliphatic rings. The zero-order valence-corrected chi connectivity index (χ0v) is 16.3. The zero-order chi connectivity index (χ0) is 20.4. The highest BCUT2D eigenvalue weighted by Gasteiger charge is 2.27. The van der Waals surface area contributed by atoms with Crippen molar-refractivity contribution in [2.75, 3.05) is 19.7 Å². The van der Waals surface area contributed by atoms with E-state index in [0.717, 1.165) is 16.5 Å². The number of carbonyl (C=O) groups is 1. The predicted molar refractivity (Wildman–Crippen MR) is 109 cm³/mol. The fourth-order valence-electron chi connectivity index (χ4n) is 3.75. The molecule has 1 unspecified atom stereocenters. The van der Waals surface area contributed by atoms with Gasteiger partial charge in [0.15, 0.2) is 0 Å². The molecule has 1 amide bonds. The summed E-state index contributed by atoms with van der Waals surface area (Å²) >= 11 is 0. The molecule has 1 aromatic heterocycles. The van der Waals surface area contributed by atoms with Gasteiger partial charge in [-0.2, -0.15) is 0 Å². The maximum Gasteiger partial charge on any atom is 0.251 e. The van der Waals surface area contributed by atoms with Crippen molar-refractivity contribution in [1.29, 1.82) is 0 Å². The van der Waals surface area contributed by atoms with E-state index in [1.54, 1.807) is 23.1 Å². The van der Waals surface area contributed by atoms with Gasteiger partial charge >= 0.3 is 0 Å². The fourth-order valence-corrected chi connectivity index (χ4v) is 3.75. The third-order valence-electron chi connectivity index (χ3n) is 5.36. The average Bonchev–Trinajstić information content (AvgIpc) is 2.72. The Morgan fingerprint density at radius 3 is 2.90 bits per heavy atom. The van der Waals surface area contributed by atoms with Crippen LogP contribution in [0.1, 0.15) is 29.2 Å². The number of hydrogen-bond acceptors (Lipinski definition) is 3. The lowest BCUT2D eigenvalue weighted by atomic mass is 10.1. The van der Waals surface area contributed by atoms with E-state index in [4.69, 9.17) is 4.74 Å². The number of morpholine rings is 1. The van der Waals surface area contributed by atoms with E-state index in [1.165, 1.54) is 6.07 Å². The number of carbonyl (C=O) groups excluding carboxylic acids is 1. The third-order valence-corrected chi connectivity index (χ3v) is 5.36. The number of amides is 1. The molecule has 29 heavy (non-hydrogen) atoms. The number of H-pyrrole nitrogens is 1. The van der Waals surface area contributed by atoms with Crippen LogP contribution in [0.25, 0.3) is 10.9 Å². The van der Waals surface area contributed by atoms with Gasteiger partial charge in [0, 0.05) is 29.6 Å². The first-order chi connectivity index (χ1) is 14.0. The first kappa shape index (κ1) is 19.3. The quantitative estimate of drug-likeness (QED) is 0.737. The summed E-state index contributed by atoms with van der Waals surface area (Å²) in [4.78, 5) is 29.7. The van der Waals surface area contributed by atoms with E-state index in [0.29, 0.717) is 37.2 Å². The lowest BCUT2D eigenvalue weighted by Crippen LogP contribution is -2.42. The number of ether oxygens (including phenoxy) is 1. The molecule has 3 aromatic rings. The van der Waals surface area contributed by atoms with Crippen molar-refractivity contribution in [3.8, 4) is 0 Å². The van der Waals surface area contributed by atoms with E-state index in [2.05, 4.69) is 4.98 Å². The minimum atomic E-state index is -0.471. The Bertz CT molecular complexity index is 1110. The summed E-state index contributed by atoms with van der Waals surface area (Å²) in [6.45, 7) is 3.12. The standard InChI is InChI=1S/C23H23FN2O3/c1-15-6-7-16-13-17(23(28)25-20(16)12-15)8-9-22(27)26-10-11-29-21(14-26)18-4-2-3-5-19(18)24/h2-7,12-13,21H,8-11,14H2,1H3,(H,25,28). The number of nitrogens with one attached hydrogen (secondary N) is 1. The topological polar surface area (TPSA) is 62.4 Å². The number of aryl methyl sites for hydroxylation is 2. The van der Waals surface area contributed by atoms with Gasteiger partial charge in [0.25, 0.3) is 5.56 Å². The monoisotopic (exact) mass is 394 g/mol. The van der Waals surface area contributed by atoms with Crippen molar-refractivity contribution >= 4 is 16.8 Å². The van der Waals surface area contributed by atoms with E-state index in [-0.39, 0.29) is 23.7 Å². The molecule has 0 aliphatic carbocycles. The van der Waals surface area contributed by atoms with E-state index >= 15 is 0 Å². The number of benzene rings is 2. The summed E-state index contributed by atoms with van der Waals surface area (Å²) in [6.07, 6.45) is 0.116. The molecule has 2 aromatic carbocycles. The van der Waals surface area contributed by atoms with Crippen molar-refractivity contribution < 1.29 is 13.9 Å². The number of fused-ring (bicyclic) bond motifs is 1. The molecule has 0 saturated carbocycles. The number of aromatic amines is 1. The van der Waals surface area contributed by atoms with Crippen molar-refractivity contribution in [2.45, 2.75) is 25.9 Å². The second kappa shape index (κ2) is 8.17. The van der Waals surface area contributed by atoms with Gasteiger partial charge in [-0.05, 0) is 42.5 Å². The minimum absolute atomic E-state index is 0.0574. The van der Waals surface area contributed by atoms with E-state index < -0.39 is 6.10 Å². The minimum Gasteiger partial charge on any atom is -0.370 e. The Balaban J connectivity index is 1.44. The number of aromatic nitrogens is 1. The van der Waals surface area contributed by atoms with Crippen LogP contribution < -0.4 is 5.56 Å². The Morgan fingerprint density at radius 2 is 2.07 bits per heavy atom. The van der Waals surface area contributed by atoms with Gasteiger partial charge in [-0.25, -0.2) is 4.39 Å². The molecule has 1 saturated heterocycles. The van der Waals surface area contributed by atoms with Gasteiger partial charge in [-0.15, -0.1) is 0 Å². The van der Waals surface area contributed by atoms with Gasteiger partial charge in [0.1, 0.15) is 11.9 Å². The fraction of sp³-hybridized carbons (Fsp3) is 0.304. The maximum absolute atomic E-state index is 14.0. The molecule has 1 atom stereocenters. The van der Waals surface area contributed by atoms with Gasteiger partial charge < -0.3 is 14.6 Å². The lowest BCUT2D eigenvalue weighted by molar-refractivity contribution is -0.139. The molecule has 0 radical (unpaired) electrons. The van der Waals surface area contributed by atoms with Gasteiger partial charge in [0.2, 0.25) is 5.91 Å². The van der Waals surface area contributed by atoms with Crippen LogP contribution in [0.2, 0.25) is 0 Å². The molecule has 2 heterocycles. The van der Waals surface area contributed by atoms with Gasteiger partial charge in [0.05, 0.1) is 13.2 Å². The molecule has 1 N–H and O–H groups in total. The highest BCUT2D eigenvalue weighted by molar-refractivity contribution is 5.80. The normalized spacial score (nSPS) is 16.9. The number of pyridine rings is 1. The molecular weight excluding hydrogens is 371 g/mol. The molecule has 1 aliphatic heterocycles. The van der Waals surface area contributed by atoms with Crippen molar-refractivity contribution in [3.63, 3.8) is 0 Å². The summed E-state index contributed by atoms with van der Waals surface area (Å²) in [5.41, 5.74) is 2.76. The largest absolute Gasteiger partial charge is 0.370 e. The Morgan fingerprint density at radius 1 is 1.24 bits per heavy atom. The average molecular weight is 394 g/mol. The highest BCUT2D eigenvalue weighted by atomic mass is 19.1. The van der Waals surface area contributed by atoms with Crippen LogP contribution in [-0.2, 0) is 16.0 Å². The third kappa shape index (κ3) is 4.22. The van der Waals surface area contributed by atoms with Crippen molar-refractivity contribution in [2.24, 2.45) is 0 Å². The Hall–Kier alpha value is -2.99. The van der Waals surface area contributed by atoms with Crippen molar-refractivity contribution in [1.82, 2.24) is 9.88 Å². The zero-order valence-electron chi connectivity index (χ0n) is 16.3. The number of nitrogens with zero attached hydrogens (tertiary/aromatic N) is 1. The van der Waals surface area contributed by atoms with Crippen LogP contribution in [0.15, 0.2) is 53.3 Å². The second-order valence-corrected chi connectivity index (χ2v) is 7.44. The summed E-state index contributed by atoms with van der Waals surface area (Å²) in [6, 6.07) is 14.2.